The van der Waals surface area contributed by atoms with Crippen molar-refractivity contribution >= 4 is 17.1 Å². The standard InChI is InChI=1S/C13H15N3/c1-16-12-8-4-6-10(13(12)15)9-5-2-3-7-11(9)14/h2-8,16H,14-15H2,1H3. The SMILES string of the molecule is CNc1cccc(-c2ccccc2N)c1N. The van der Waals surface area contributed by atoms with E-state index in [2.05, 4.69) is 5.32 Å². The molecule has 0 amide bonds. The third kappa shape index (κ3) is 1.67. The zero-order chi connectivity index (χ0) is 11.5. The van der Waals surface area contributed by atoms with E-state index < -0.39 is 0 Å². The highest BCUT2D eigenvalue weighted by Crippen LogP contribution is 2.34. The van der Waals surface area contributed by atoms with Gasteiger partial charge in [-0.05, 0) is 12.1 Å². The summed E-state index contributed by atoms with van der Waals surface area (Å²) in [6.45, 7) is 0. The van der Waals surface area contributed by atoms with Gasteiger partial charge in [0.1, 0.15) is 0 Å². The topological polar surface area (TPSA) is 64.1 Å². The van der Waals surface area contributed by atoms with Crippen molar-refractivity contribution in [2.45, 2.75) is 0 Å². The molecule has 3 nitrogen and oxygen atoms in total. The summed E-state index contributed by atoms with van der Waals surface area (Å²) in [5, 5.41) is 3.06. The largest absolute Gasteiger partial charge is 0.398 e. The van der Waals surface area contributed by atoms with Crippen LogP contribution in [0.2, 0.25) is 0 Å². The molecular formula is C13H15N3. The molecule has 0 spiro atoms. The first-order chi connectivity index (χ1) is 7.74. The Morgan fingerprint density at radius 2 is 1.56 bits per heavy atom. The molecule has 2 rings (SSSR count). The van der Waals surface area contributed by atoms with Crippen LogP contribution in [0, 0.1) is 0 Å². The number of para-hydroxylation sites is 2. The highest BCUT2D eigenvalue weighted by molar-refractivity contribution is 5.89. The van der Waals surface area contributed by atoms with Crippen molar-refractivity contribution in [1.29, 1.82) is 0 Å². The van der Waals surface area contributed by atoms with Crippen LogP contribution >= 0.6 is 0 Å². The molecule has 0 aromatic heterocycles. The molecule has 0 atom stereocenters. The number of nitrogen functional groups attached to an aromatic ring is 2. The molecule has 0 unspecified atom stereocenters. The van der Waals surface area contributed by atoms with Gasteiger partial charge in [0.15, 0.2) is 0 Å². The Hall–Kier alpha value is -2.16. The Morgan fingerprint density at radius 3 is 2.25 bits per heavy atom. The highest BCUT2D eigenvalue weighted by Gasteiger charge is 2.07. The Morgan fingerprint density at radius 1 is 0.875 bits per heavy atom. The lowest BCUT2D eigenvalue weighted by Gasteiger charge is -2.12. The fourth-order valence-electron chi connectivity index (χ4n) is 1.76. The van der Waals surface area contributed by atoms with Crippen molar-refractivity contribution < 1.29 is 0 Å². The fraction of sp³-hybridized carbons (Fsp3) is 0.0769. The monoisotopic (exact) mass is 213 g/mol. The van der Waals surface area contributed by atoms with Crippen LogP contribution in [-0.4, -0.2) is 7.05 Å². The molecule has 0 heterocycles. The van der Waals surface area contributed by atoms with Gasteiger partial charge in [0.05, 0.1) is 11.4 Å². The second-order valence-corrected chi connectivity index (χ2v) is 3.60. The molecule has 3 heteroatoms. The van der Waals surface area contributed by atoms with Crippen LogP contribution < -0.4 is 16.8 Å². The van der Waals surface area contributed by atoms with Gasteiger partial charge >= 0.3 is 0 Å². The van der Waals surface area contributed by atoms with Gasteiger partial charge < -0.3 is 16.8 Å². The number of anilines is 3. The Balaban J connectivity index is 2.61. The molecule has 16 heavy (non-hydrogen) atoms. The lowest BCUT2D eigenvalue weighted by Crippen LogP contribution is -1.99. The van der Waals surface area contributed by atoms with E-state index in [0.29, 0.717) is 0 Å². The van der Waals surface area contributed by atoms with Crippen molar-refractivity contribution in [2.75, 3.05) is 23.8 Å². The minimum Gasteiger partial charge on any atom is -0.398 e. The van der Waals surface area contributed by atoms with E-state index in [0.717, 1.165) is 28.2 Å². The predicted octanol–water partition coefficient (Wildman–Crippen LogP) is 2.56. The van der Waals surface area contributed by atoms with Gasteiger partial charge in [0, 0.05) is 23.9 Å². The van der Waals surface area contributed by atoms with E-state index in [1.54, 1.807) is 0 Å². The Bertz CT molecular complexity index is 506. The minimum atomic E-state index is 0.725. The van der Waals surface area contributed by atoms with E-state index in [-0.39, 0.29) is 0 Å². The average Bonchev–Trinajstić information content (AvgIpc) is 2.31. The van der Waals surface area contributed by atoms with Crippen LogP contribution in [0.25, 0.3) is 11.1 Å². The van der Waals surface area contributed by atoms with E-state index in [1.165, 1.54) is 0 Å². The maximum Gasteiger partial charge on any atom is 0.0630 e. The van der Waals surface area contributed by atoms with Crippen LogP contribution in [-0.2, 0) is 0 Å². The summed E-state index contributed by atoms with van der Waals surface area (Å²) in [5.74, 6) is 0. The second-order valence-electron chi connectivity index (χ2n) is 3.60. The van der Waals surface area contributed by atoms with Gasteiger partial charge in [0.2, 0.25) is 0 Å². The quantitative estimate of drug-likeness (QED) is 0.672. The molecule has 0 saturated carbocycles. The average molecular weight is 213 g/mol. The van der Waals surface area contributed by atoms with Crippen LogP contribution in [0.3, 0.4) is 0 Å². The molecule has 5 N–H and O–H groups in total. The van der Waals surface area contributed by atoms with E-state index >= 15 is 0 Å². The first-order valence-corrected chi connectivity index (χ1v) is 5.15. The van der Waals surface area contributed by atoms with Crippen LogP contribution in [0.15, 0.2) is 42.5 Å². The molecule has 82 valence electrons. The number of benzene rings is 2. The summed E-state index contributed by atoms with van der Waals surface area (Å²) in [6, 6.07) is 13.6. The van der Waals surface area contributed by atoms with Gasteiger partial charge in [-0.15, -0.1) is 0 Å². The maximum atomic E-state index is 6.08. The number of hydrogen-bond acceptors (Lipinski definition) is 3. The molecule has 2 aromatic rings. The number of nitrogens with one attached hydrogen (secondary N) is 1. The molecule has 0 aliphatic carbocycles. The number of rotatable bonds is 2. The van der Waals surface area contributed by atoms with Gasteiger partial charge in [-0.2, -0.15) is 0 Å². The summed E-state index contributed by atoms with van der Waals surface area (Å²) in [5.41, 5.74) is 16.3. The first-order valence-electron chi connectivity index (χ1n) is 5.15. The van der Waals surface area contributed by atoms with E-state index in [9.17, 15) is 0 Å². The Labute approximate surface area is 95.1 Å². The summed E-state index contributed by atoms with van der Waals surface area (Å²) in [6.07, 6.45) is 0. The molecule has 0 bridgehead atoms. The summed E-state index contributed by atoms with van der Waals surface area (Å²) < 4.78 is 0. The summed E-state index contributed by atoms with van der Waals surface area (Å²) >= 11 is 0. The van der Waals surface area contributed by atoms with Gasteiger partial charge in [0.25, 0.3) is 0 Å². The van der Waals surface area contributed by atoms with Crippen molar-refractivity contribution in [3.8, 4) is 11.1 Å². The fourth-order valence-corrected chi connectivity index (χ4v) is 1.76. The molecule has 0 saturated heterocycles. The molecule has 0 aliphatic rings. The molecule has 0 fully saturated rings. The number of hydrogen-bond donors (Lipinski definition) is 3. The second kappa shape index (κ2) is 4.14. The lowest BCUT2D eigenvalue weighted by molar-refractivity contribution is 1.50. The van der Waals surface area contributed by atoms with Crippen LogP contribution in [0.5, 0.6) is 0 Å². The van der Waals surface area contributed by atoms with Gasteiger partial charge in [-0.3, -0.25) is 0 Å². The van der Waals surface area contributed by atoms with Crippen molar-refractivity contribution in [3.63, 3.8) is 0 Å². The first kappa shape index (κ1) is 10.4. The molecule has 0 radical (unpaired) electrons. The molecule has 2 aromatic carbocycles. The normalized spacial score (nSPS) is 10.1. The summed E-state index contributed by atoms with van der Waals surface area (Å²) in [4.78, 5) is 0. The zero-order valence-electron chi connectivity index (χ0n) is 9.20. The zero-order valence-corrected chi connectivity index (χ0v) is 9.20. The van der Waals surface area contributed by atoms with Gasteiger partial charge in [-0.25, -0.2) is 0 Å². The van der Waals surface area contributed by atoms with Crippen LogP contribution in [0.4, 0.5) is 17.1 Å². The lowest BCUT2D eigenvalue weighted by atomic mass is 10.0. The van der Waals surface area contributed by atoms with Crippen molar-refractivity contribution in [2.24, 2.45) is 0 Å². The third-order valence-electron chi connectivity index (χ3n) is 2.63. The van der Waals surface area contributed by atoms with Gasteiger partial charge in [-0.1, -0.05) is 30.3 Å². The minimum absolute atomic E-state index is 0.725. The smallest absolute Gasteiger partial charge is 0.0630 e. The van der Waals surface area contributed by atoms with Crippen molar-refractivity contribution in [3.05, 3.63) is 42.5 Å². The highest BCUT2D eigenvalue weighted by atomic mass is 14.8. The summed E-state index contributed by atoms with van der Waals surface area (Å²) in [7, 11) is 1.85. The van der Waals surface area contributed by atoms with Crippen molar-refractivity contribution in [1.82, 2.24) is 0 Å². The maximum absolute atomic E-state index is 6.08. The molecular weight excluding hydrogens is 198 g/mol. The number of nitrogens with two attached hydrogens (primary N) is 2. The molecule has 0 aliphatic heterocycles. The Kier molecular flexibility index (Phi) is 2.68. The third-order valence-corrected chi connectivity index (χ3v) is 2.63. The van der Waals surface area contributed by atoms with E-state index in [4.69, 9.17) is 11.5 Å². The van der Waals surface area contributed by atoms with Crippen LogP contribution in [0.1, 0.15) is 0 Å². The predicted molar refractivity (Wildman–Crippen MR) is 70.2 cm³/mol. The van der Waals surface area contributed by atoms with E-state index in [1.807, 2.05) is 49.5 Å².